The highest BCUT2D eigenvalue weighted by atomic mass is 16.5. The highest BCUT2D eigenvalue weighted by Crippen LogP contribution is 2.04. The Morgan fingerprint density at radius 2 is 1.71 bits per heavy atom. The molecule has 0 atom stereocenters. The van der Waals surface area contributed by atoms with E-state index in [0.29, 0.717) is 6.47 Å². The van der Waals surface area contributed by atoms with Crippen LogP contribution < -0.4 is 0 Å². The maximum Gasteiger partial charge on any atom is 0.293 e. The number of ether oxygens (including phenoxy) is 1. The van der Waals surface area contributed by atoms with E-state index in [0.717, 1.165) is 25.9 Å². The van der Waals surface area contributed by atoms with Crippen molar-refractivity contribution >= 4 is 6.47 Å². The van der Waals surface area contributed by atoms with Crippen LogP contribution in [-0.2, 0) is 9.53 Å². The molecule has 1 rings (SSSR count). The molecule has 0 bridgehead atoms. The first kappa shape index (κ1) is 13.4. The Kier molecular flexibility index (Phi) is 6.49. The second-order valence-electron chi connectivity index (χ2n) is 4.34. The number of hydrogen-bond acceptors (Lipinski definition) is 4. The SMILES string of the molecule is CC(C)(C)OC=O.ON1CCCCC1. The van der Waals surface area contributed by atoms with Gasteiger partial charge in [-0.25, -0.2) is 0 Å². The largest absolute Gasteiger partial charge is 0.462 e. The molecule has 1 fully saturated rings. The van der Waals surface area contributed by atoms with E-state index >= 15 is 0 Å². The van der Waals surface area contributed by atoms with Crippen LogP contribution in [0.25, 0.3) is 0 Å². The van der Waals surface area contributed by atoms with E-state index in [9.17, 15) is 4.79 Å². The summed E-state index contributed by atoms with van der Waals surface area (Å²) in [6, 6.07) is 0. The minimum Gasteiger partial charge on any atom is -0.462 e. The molecule has 1 heterocycles. The normalized spacial score (nSPS) is 18.0. The van der Waals surface area contributed by atoms with Crippen LogP contribution >= 0.6 is 0 Å². The van der Waals surface area contributed by atoms with Crippen molar-refractivity contribution in [1.29, 1.82) is 0 Å². The van der Waals surface area contributed by atoms with Gasteiger partial charge >= 0.3 is 0 Å². The lowest BCUT2D eigenvalue weighted by Crippen LogP contribution is -2.25. The summed E-state index contributed by atoms with van der Waals surface area (Å²) in [5.74, 6) is 0. The van der Waals surface area contributed by atoms with E-state index in [1.54, 1.807) is 0 Å². The molecule has 0 unspecified atom stereocenters. The van der Waals surface area contributed by atoms with Gasteiger partial charge in [0.2, 0.25) is 0 Å². The van der Waals surface area contributed by atoms with Crippen molar-refractivity contribution in [2.24, 2.45) is 0 Å². The Hall–Kier alpha value is -0.610. The van der Waals surface area contributed by atoms with Gasteiger partial charge in [0.05, 0.1) is 0 Å². The molecule has 14 heavy (non-hydrogen) atoms. The molecular weight excluding hydrogens is 182 g/mol. The van der Waals surface area contributed by atoms with Gasteiger partial charge in [-0.2, -0.15) is 5.06 Å². The lowest BCUT2D eigenvalue weighted by Gasteiger charge is -2.18. The van der Waals surface area contributed by atoms with Crippen molar-refractivity contribution in [3.63, 3.8) is 0 Å². The van der Waals surface area contributed by atoms with Crippen molar-refractivity contribution < 1.29 is 14.7 Å². The van der Waals surface area contributed by atoms with Crippen LogP contribution in [-0.4, -0.2) is 35.4 Å². The first-order valence-electron chi connectivity index (χ1n) is 5.01. The van der Waals surface area contributed by atoms with Crippen LogP contribution in [0.1, 0.15) is 40.0 Å². The van der Waals surface area contributed by atoms with Gasteiger partial charge in [0.25, 0.3) is 6.47 Å². The summed E-state index contributed by atoms with van der Waals surface area (Å²) in [6.07, 6.45) is 3.62. The van der Waals surface area contributed by atoms with Crippen LogP contribution in [0, 0.1) is 0 Å². The molecule has 0 amide bonds. The minimum atomic E-state index is -0.318. The topological polar surface area (TPSA) is 49.8 Å². The third-order valence-corrected chi connectivity index (χ3v) is 1.73. The number of piperidine rings is 1. The zero-order valence-corrected chi connectivity index (χ0v) is 9.32. The molecular formula is C10H21NO3. The van der Waals surface area contributed by atoms with E-state index in [1.165, 1.54) is 11.5 Å². The molecule has 0 saturated carbocycles. The predicted molar refractivity (Wildman–Crippen MR) is 54.1 cm³/mol. The average molecular weight is 203 g/mol. The summed E-state index contributed by atoms with van der Waals surface area (Å²) < 4.78 is 4.55. The van der Waals surface area contributed by atoms with Gasteiger partial charge in [-0.3, -0.25) is 4.79 Å². The van der Waals surface area contributed by atoms with Gasteiger partial charge in [0, 0.05) is 13.1 Å². The van der Waals surface area contributed by atoms with Crippen LogP contribution in [0.5, 0.6) is 0 Å². The lowest BCUT2D eigenvalue weighted by molar-refractivity contribution is -0.138. The third-order valence-electron chi connectivity index (χ3n) is 1.73. The van der Waals surface area contributed by atoms with Crippen LogP contribution in [0.15, 0.2) is 0 Å². The molecule has 0 aliphatic carbocycles. The van der Waals surface area contributed by atoms with Crippen molar-refractivity contribution in [2.45, 2.75) is 45.6 Å². The van der Waals surface area contributed by atoms with Crippen LogP contribution in [0.4, 0.5) is 0 Å². The average Bonchev–Trinajstić information content (AvgIpc) is 2.04. The van der Waals surface area contributed by atoms with Gasteiger partial charge in [-0.15, -0.1) is 0 Å². The number of hydroxylamine groups is 2. The first-order valence-corrected chi connectivity index (χ1v) is 5.01. The molecule has 1 aliphatic rings. The quantitative estimate of drug-likeness (QED) is 0.660. The Labute approximate surface area is 85.8 Å². The smallest absolute Gasteiger partial charge is 0.293 e. The molecule has 0 spiro atoms. The van der Waals surface area contributed by atoms with Crippen LogP contribution in [0.2, 0.25) is 0 Å². The fourth-order valence-electron chi connectivity index (χ4n) is 1.02. The fourth-order valence-corrected chi connectivity index (χ4v) is 1.02. The molecule has 1 N–H and O–H groups in total. The molecule has 1 aliphatic heterocycles. The summed E-state index contributed by atoms with van der Waals surface area (Å²) in [6.45, 7) is 7.67. The third kappa shape index (κ3) is 9.48. The predicted octanol–water partition coefficient (Wildman–Crippen LogP) is 1.82. The Morgan fingerprint density at radius 3 is 1.86 bits per heavy atom. The summed E-state index contributed by atoms with van der Waals surface area (Å²) >= 11 is 0. The highest BCUT2D eigenvalue weighted by Gasteiger charge is 2.07. The molecule has 0 aromatic heterocycles. The summed E-state index contributed by atoms with van der Waals surface area (Å²) in [7, 11) is 0. The molecule has 1 saturated heterocycles. The fraction of sp³-hybridized carbons (Fsp3) is 0.900. The van der Waals surface area contributed by atoms with Crippen molar-refractivity contribution in [1.82, 2.24) is 5.06 Å². The number of carbonyl (C=O) groups is 1. The van der Waals surface area contributed by atoms with E-state index in [1.807, 2.05) is 20.8 Å². The second-order valence-corrected chi connectivity index (χ2v) is 4.34. The van der Waals surface area contributed by atoms with Gasteiger partial charge < -0.3 is 9.94 Å². The zero-order valence-electron chi connectivity index (χ0n) is 9.32. The zero-order chi connectivity index (χ0) is 11.0. The summed E-state index contributed by atoms with van der Waals surface area (Å²) in [5.41, 5.74) is -0.318. The first-order chi connectivity index (χ1) is 6.45. The Balaban J connectivity index is 0.000000241. The molecule has 4 heteroatoms. The number of hydrogen-bond donors (Lipinski definition) is 1. The van der Waals surface area contributed by atoms with Gasteiger partial charge in [-0.05, 0) is 33.6 Å². The standard InChI is InChI=1S/C5H11NO.C5H10O2/c7-6-4-2-1-3-5-6;1-5(2,3)7-4-6/h7H,1-5H2;4H,1-3H3. The maximum atomic E-state index is 9.60. The molecule has 0 radical (unpaired) electrons. The molecule has 4 nitrogen and oxygen atoms in total. The van der Waals surface area contributed by atoms with Crippen molar-refractivity contribution in [2.75, 3.05) is 13.1 Å². The van der Waals surface area contributed by atoms with Crippen molar-refractivity contribution in [3.05, 3.63) is 0 Å². The van der Waals surface area contributed by atoms with Crippen LogP contribution in [0.3, 0.4) is 0 Å². The monoisotopic (exact) mass is 203 g/mol. The van der Waals surface area contributed by atoms with E-state index in [2.05, 4.69) is 4.74 Å². The number of nitrogens with zero attached hydrogens (tertiary/aromatic N) is 1. The molecule has 0 aromatic rings. The van der Waals surface area contributed by atoms with Gasteiger partial charge in [-0.1, -0.05) is 6.42 Å². The molecule has 0 aromatic carbocycles. The summed E-state index contributed by atoms with van der Waals surface area (Å²) in [5, 5.41) is 10.1. The minimum absolute atomic E-state index is 0.318. The Bertz CT molecular complexity index is 148. The van der Waals surface area contributed by atoms with E-state index < -0.39 is 0 Å². The van der Waals surface area contributed by atoms with Crippen molar-refractivity contribution in [3.8, 4) is 0 Å². The van der Waals surface area contributed by atoms with E-state index in [-0.39, 0.29) is 5.60 Å². The number of carbonyl (C=O) groups excluding carboxylic acids is 1. The summed E-state index contributed by atoms with van der Waals surface area (Å²) in [4.78, 5) is 9.60. The van der Waals surface area contributed by atoms with E-state index in [4.69, 9.17) is 5.21 Å². The van der Waals surface area contributed by atoms with Gasteiger partial charge in [0.15, 0.2) is 0 Å². The maximum absolute atomic E-state index is 9.60. The Morgan fingerprint density at radius 1 is 1.21 bits per heavy atom. The van der Waals surface area contributed by atoms with Gasteiger partial charge in [0.1, 0.15) is 5.60 Å². The second kappa shape index (κ2) is 6.79. The molecule has 84 valence electrons. The number of rotatable bonds is 1. The lowest BCUT2D eigenvalue weighted by atomic mass is 10.2. The highest BCUT2D eigenvalue weighted by molar-refractivity contribution is 5.37.